The lowest BCUT2D eigenvalue weighted by Crippen LogP contribution is -2.29. The Kier molecular flexibility index (Phi) is 5.01. The first-order valence-electron chi connectivity index (χ1n) is 7.78. The van der Waals surface area contributed by atoms with Gasteiger partial charge in [0, 0.05) is 7.05 Å². The Hall–Kier alpha value is -2.95. The molecule has 0 bridgehead atoms. The van der Waals surface area contributed by atoms with Crippen LogP contribution in [0.2, 0.25) is 0 Å². The van der Waals surface area contributed by atoms with Crippen molar-refractivity contribution in [2.45, 2.75) is 19.4 Å². The number of carbonyl (C=O) groups is 1. The molecule has 124 valence electrons. The van der Waals surface area contributed by atoms with Crippen molar-refractivity contribution in [2.75, 3.05) is 7.05 Å². The normalized spacial score (nSPS) is 16.1. The molecule has 3 rings (SSSR count). The third-order valence-electron chi connectivity index (χ3n) is 3.70. The molecule has 2 aliphatic rings. The van der Waals surface area contributed by atoms with E-state index < -0.39 is 6.09 Å². The Morgan fingerprint density at radius 1 is 1.25 bits per heavy atom. The van der Waals surface area contributed by atoms with Crippen LogP contribution in [0.25, 0.3) is 0 Å². The first kappa shape index (κ1) is 15.9. The summed E-state index contributed by atoms with van der Waals surface area (Å²) in [6.45, 7) is 0.205. The van der Waals surface area contributed by atoms with Gasteiger partial charge in [-0.1, -0.05) is 48.6 Å². The second-order valence-electron chi connectivity index (χ2n) is 5.43. The van der Waals surface area contributed by atoms with Crippen molar-refractivity contribution in [3.05, 3.63) is 83.9 Å². The lowest BCUT2D eigenvalue weighted by molar-refractivity contribution is 0.0831. The number of ether oxygens (including phenoxy) is 3. The Balaban J connectivity index is 1.57. The second kappa shape index (κ2) is 7.55. The summed E-state index contributed by atoms with van der Waals surface area (Å²) in [6.07, 6.45) is 10.3. The largest absolute Gasteiger partial charge is 0.463 e. The number of benzene rings is 1. The van der Waals surface area contributed by atoms with E-state index in [9.17, 15) is 4.79 Å². The van der Waals surface area contributed by atoms with E-state index in [0.717, 1.165) is 24.0 Å². The minimum Gasteiger partial charge on any atom is -0.463 e. The van der Waals surface area contributed by atoms with Gasteiger partial charge < -0.3 is 14.2 Å². The molecule has 1 aromatic carbocycles. The molecule has 5 heteroatoms. The maximum absolute atomic E-state index is 12.2. The molecule has 0 saturated heterocycles. The molecular formula is C19H19NO4. The molecule has 24 heavy (non-hydrogen) atoms. The molecule has 1 aromatic rings. The maximum atomic E-state index is 12.2. The summed E-state index contributed by atoms with van der Waals surface area (Å²) in [4.78, 5) is 13.5. The third-order valence-corrected chi connectivity index (χ3v) is 3.70. The van der Waals surface area contributed by atoms with Crippen LogP contribution in [0.1, 0.15) is 18.4 Å². The lowest BCUT2D eigenvalue weighted by Gasteiger charge is -2.24. The molecule has 0 spiro atoms. The average Bonchev–Trinajstić information content (AvgIpc) is 2.67. The first-order valence-corrected chi connectivity index (χ1v) is 7.78. The number of carbonyl (C=O) groups excluding carboxylic acids is 1. The van der Waals surface area contributed by atoms with Gasteiger partial charge >= 0.3 is 6.09 Å². The predicted molar refractivity (Wildman–Crippen MR) is 89.2 cm³/mol. The van der Waals surface area contributed by atoms with Gasteiger partial charge in [-0.2, -0.15) is 0 Å². The highest BCUT2D eigenvalue weighted by atomic mass is 16.6. The van der Waals surface area contributed by atoms with E-state index in [-0.39, 0.29) is 6.61 Å². The Labute approximate surface area is 141 Å². The van der Waals surface area contributed by atoms with E-state index in [4.69, 9.17) is 14.2 Å². The summed E-state index contributed by atoms with van der Waals surface area (Å²) in [5.74, 6) is 0.903. The zero-order valence-corrected chi connectivity index (χ0v) is 13.5. The van der Waals surface area contributed by atoms with Gasteiger partial charge in [0.15, 0.2) is 12.0 Å². The summed E-state index contributed by atoms with van der Waals surface area (Å²) < 4.78 is 16.4. The fourth-order valence-electron chi connectivity index (χ4n) is 2.32. The van der Waals surface area contributed by atoms with Crippen LogP contribution >= 0.6 is 0 Å². The van der Waals surface area contributed by atoms with E-state index in [1.54, 1.807) is 7.05 Å². The van der Waals surface area contributed by atoms with Crippen molar-refractivity contribution in [2.24, 2.45) is 0 Å². The van der Waals surface area contributed by atoms with E-state index in [1.807, 2.05) is 42.5 Å². The number of rotatable bonds is 4. The quantitative estimate of drug-likeness (QED) is 0.831. The summed E-state index contributed by atoms with van der Waals surface area (Å²) >= 11 is 0. The SMILES string of the molecule is CN(C(=O)OCc1ccccc1)C1=COC=C(C2=CC=CCC2)O1. The minimum atomic E-state index is -0.507. The molecule has 1 amide bonds. The number of amides is 1. The van der Waals surface area contributed by atoms with E-state index in [1.165, 1.54) is 17.4 Å². The van der Waals surface area contributed by atoms with Crippen LogP contribution in [0, 0.1) is 0 Å². The lowest BCUT2D eigenvalue weighted by atomic mass is 10.0. The van der Waals surface area contributed by atoms with Crippen molar-refractivity contribution in [1.29, 1.82) is 0 Å². The van der Waals surface area contributed by atoms with E-state index in [2.05, 4.69) is 6.08 Å². The standard InChI is InChI=1S/C19H19NO4/c1-20(19(21)23-12-15-8-4-2-5-9-15)18-14-22-13-17(24-18)16-10-6-3-7-11-16/h2-6,8-10,13-14H,7,11-12H2,1H3. The maximum Gasteiger partial charge on any atom is 0.416 e. The summed E-state index contributed by atoms with van der Waals surface area (Å²) in [5, 5.41) is 0. The zero-order chi connectivity index (χ0) is 16.8. The highest BCUT2D eigenvalue weighted by Crippen LogP contribution is 2.27. The Bertz CT molecular complexity index is 716. The van der Waals surface area contributed by atoms with Crippen molar-refractivity contribution in [1.82, 2.24) is 4.90 Å². The van der Waals surface area contributed by atoms with Gasteiger partial charge in [0.25, 0.3) is 0 Å². The van der Waals surface area contributed by atoms with Crippen molar-refractivity contribution in [3.8, 4) is 0 Å². The topological polar surface area (TPSA) is 48.0 Å². The monoisotopic (exact) mass is 325 g/mol. The number of allylic oxidation sites excluding steroid dienone is 4. The van der Waals surface area contributed by atoms with Gasteiger partial charge in [0.2, 0.25) is 5.88 Å². The molecule has 1 heterocycles. The third kappa shape index (κ3) is 3.87. The number of hydrogen-bond donors (Lipinski definition) is 0. The predicted octanol–water partition coefficient (Wildman–Crippen LogP) is 4.22. The fraction of sp³-hybridized carbons (Fsp3) is 0.211. The molecule has 0 unspecified atom stereocenters. The molecular weight excluding hydrogens is 306 g/mol. The van der Waals surface area contributed by atoms with Crippen molar-refractivity contribution < 1.29 is 19.0 Å². The summed E-state index contributed by atoms with van der Waals surface area (Å²) in [5.41, 5.74) is 1.96. The van der Waals surface area contributed by atoms with Crippen LogP contribution in [0.5, 0.6) is 0 Å². The van der Waals surface area contributed by atoms with Crippen LogP contribution < -0.4 is 0 Å². The van der Waals surface area contributed by atoms with E-state index in [0.29, 0.717) is 11.6 Å². The van der Waals surface area contributed by atoms with Gasteiger partial charge in [0.1, 0.15) is 12.9 Å². The molecule has 1 aliphatic heterocycles. The van der Waals surface area contributed by atoms with Crippen LogP contribution in [0.4, 0.5) is 4.79 Å². The molecule has 0 saturated carbocycles. The second-order valence-corrected chi connectivity index (χ2v) is 5.43. The highest BCUT2D eigenvalue weighted by molar-refractivity contribution is 5.69. The van der Waals surface area contributed by atoms with Crippen molar-refractivity contribution in [3.63, 3.8) is 0 Å². The van der Waals surface area contributed by atoms with Crippen LogP contribution in [0.3, 0.4) is 0 Å². The van der Waals surface area contributed by atoms with Gasteiger partial charge in [-0.15, -0.1) is 0 Å². The molecule has 5 nitrogen and oxygen atoms in total. The highest BCUT2D eigenvalue weighted by Gasteiger charge is 2.22. The zero-order valence-electron chi connectivity index (χ0n) is 13.5. The van der Waals surface area contributed by atoms with Crippen LogP contribution in [0.15, 0.2) is 78.3 Å². The molecule has 0 atom stereocenters. The Morgan fingerprint density at radius 3 is 2.83 bits per heavy atom. The minimum absolute atomic E-state index is 0.205. The Morgan fingerprint density at radius 2 is 2.08 bits per heavy atom. The van der Waals surface area contributed by atoms with E-state index >= 15 is 0 Å². The van der Waals surface area contributed by atoms with Gasteiger partial charge in [0.05, 0.1) is 0 Å². The molecule has 0 radical (unpaired) electrons. The summed E-state index contributed by atoms with van der Waals surface area (Å²) in [7, 11) is 1.58. The van der Waals surface area contributed by atoms with Crippen molar-refractivity contribution >= 4 is 6.09 Å². The van der Waals surface area contributed by atoms with Gasteiger partial charge in [-0.05, 0) is 24.0 Å². The fourth-order valence-corrected chi connectivity index (χ4v) is 2.32. The summed E-state index contributed by atoms with van der Waals surface area (Å²) in [6, 6.07) is 9.51. The molecule has 0 aromatic heterocycles. The van der Waals surface area contributed by atoms with Crippen LogP contribution in [-0.2, 0) is 20.8 Å². The molecule has 0 N–H and O–H groups in total. The molecule has 1 aliphatic carbocycles. The van der Waals surface area contributed by atoms with Gasteiger partial charge in [-0.25, -0.2) is 9.69 Å². The van der Waals surface area contributed by atoms with Crippen LogP contribution in [-0.4, -0.2) is 18.0 Å². The number of hydrogen-bond acceptors (Lipinski definition) is 4. The van der Waals surface area contributed by atoms with Gasteiger partial charge in [-0.3, -0.25) is 0 Å². The average molecular weight is 325 g/mol. The number of nitrogens with zero attached hydrogens (tertiary/aromatic N) is 1. The molecule has 0 fully saturated rings. The smallest absolute Gasteiger partial charge is 0.416 e. The first-order chi connectivity index (χ1) is 11.7.